The Morgan fingerprint density at radius 2 is 2.11 bits per heavy atom. The standard InChI is InChI=1S/C16H25FN2/c1-2-15(16-9-8-14(17)12-19-16)18-11-10-13-6-4-3-5-7-13/h8-9,12-13,15,18H,2-7,10-11H2,1H3. The van der Waals surface area contributed by atoms with Gasteiger partial charge in [0, 0.05) is 6.04 Å². The first kappa shape index (κ1) is 14.4. The van der Waals surface area contributed by atoms with E-state index in [-0.39, 0.29) is 11.9 Å². The molecule has 19 heavy (non-hydrogen) atoms. The smallest absolute Gasteiger partial charge is 0.141 e. The van der Waals surface area contributed by atoms with Gasteiger partial charge >= 0.3 is 0 Å². The first-order chi connectivity index (χ1) is 9.29. The van der Waals surface area contributed by atoms with E-state index in [1.165, 1.54) is 50.8 Å². The van der Waals surface area contributed by atoms with Crippen molar-refractivity contribution in [2.24, 2.45) is 5.92 Å². The maximum Gasteiger partial charge on any atom is 0.141 e. The van der Waals surface area contributed by atoms with Crippen molar-refractivity contribution in [1.82, 2.24) is 10.3 Å². The number of rotatable bonds is 6. The molecule has 0 aliphatic heterocycles. The van der Waals surface area contributed by atoms with Crippen LogP contribution in [-0.4, -0.2) is 11.5 Å². The van der Waals surface area contributed by atoms with E-state index < -0.39 is 0 Å². The maximum absolute atomic E-state index is 12.9. The average Bonchev–Trinajstić information content (AvgIpc) is 2.46. The van der Waals surface area contributed by atoms with E-state index in [4.69, 9.17) is 0 Å². The van der Waals surface area contributed by atoms with E-state index >= 15 is 0 Å². The lowest BCUT2D eigenvalue weighted by atomic mass is 9.87. The number of nitrogens with one attached hydrogen (secondary N) is 1. The summed E-state index contributed by atoms with van der Waals surface area (Å²) in [4.78, 5) is 4.18. The molecule has 0 aromatic carbocycles. The molecule has 1 aliphatic rings. The Hall–Kier alpha value is -0.960. The highest BCUT2D eigenvalue weighted by Gasteiger charge is 2.15. The number of nitrogens with zero attached hydrogens (tertiary/aromatic N) is 1. The molecule has 1 fully saturated rings. The summed E-state index contributed by atoms with van der Waals surface area (Å²) in [5.74, 6) is 0.640. The molecule has 2 rings (SSSR count). The van der Waals surface area contributed by atoms with E-state index in [1.807, 2.05) is 0 Å². The fourth-order valence-electron chi connectivity index (χ4n) is 2.99. The minimum atomic E-state index is -0.263. The van der Waals surface area contributed by atoms with E-state index in [1.54, 1.807) is 6.07 Å². The van der Waals surface area contributed by atoms with Crippen molar-refractivity contribution in [2.75, 3.05) is 6.54 Å². The zero-order valence-electron chi connectivity index (χ0n) is 11.9. The van der Waals surface area contributed by atoms with Gasteiger partial charge in [0.25, 0.3) is 0 Å². The van der Waals surface area contributed by atoms with E-state index in [0.29, 0.717) is 0 Å². The Morgan fingerprint density at radius 3 is 2.74 bits per heavy atom. The predicted octanol–water partition coefficient (Wildman–Crippen LogP) is 4.23. The second kappa shape index (κ2) is 7.59. The lowest BCUT2D eigenvalue weighted by Crippen LogP contribution is -2.25. The van der Waals surface area contributed by atoms with Crippen LogP contribution in [0.4, 0.5) is 4.39 Å². The van der Waals surface area contributed by atoms with Gasteiger partial charge in [-0.1, -0.05) is 39.0 Å². The quantitative estimate of drug-likeness (QED) is 0.831. The fourth-order valence-corrected chi connectivity index (χ4v) is 2.99. The number of halogens is 1. The molecule has 1 unspecified atom stereocenters. The lowest BCUT2D eigenvalue weighted by molar-refractivity contribution is 0.326. The van der Waals surface area contributed by atoms with Crippen LogP contribution in [0.3, 0.4) is 0 Å². The molecule has 0 bridgehead atoms. The summed E-state index contributed by atoms with van der Waals surface area (Å²) in [6.45, 7) is 3.19. The zero-order chi connectivity index (χ0) is 13.5. The topological polar surface area (TPSA) is 24.9 Å². The minimum Gasteiger partial charge on any atom is -0.309 e. The van der Waals surface area contributed by atoms with Gasteiger partial charge in [0.2, 0.25) is 0 Å². The molecule has 1 saturated carbocycles. The van der Waals surface area contributed by atoms with Crippen LogP contribution in [0.15, 0.2) is 18.3 Å². The van der Waals surface area contributed by atoms with Crippen molar-refractivity contribution < 1.29 is 4.39 Å². The van der Waals surface area contributed by atoms with Crippen LogP contribution in [0.1, 0.15) is 63.6 Å². The molecule has 0 radical (unpaired) electrons. The Kier molecular flexibility index (Phi) is 5.77. The number of pyridine rings is 1. The fraction of sp³-hybridized carbons (Fsp3) is 0.688. The number of aromatic nitrogens is 1. The van der Waals surface area contributed by atoms with Crippen LogP contribution >= 0.6 is 0 Å². The third-order valence-electron chi connectivity index (χ3n) is 4.18. The van der Waals surface area contributed by atoms with Crippen molar-refractivity contribution in [3.05, 3.63) is 29.8 Å². The van der Waals surface area contributed by atoms with Crippen molar-refractivity contribution >= 4 is 0 Å². The van der Waals surface area contributed by atoms with Gasteiger partial charge in [-0.2, -0.15) is 0 Å². The summed E-state index contributed by atoms with van der Waals surface area (Å²) >= 11 is 0. The zero-order valence-corrected chi connectivity index (χ0v) is 11.9. The monoisotopic (exact) mass is 264 g/mol. The van der Waals surface area contributed by atoms with Gasteiger partial charge in [0.15, 0.2) is 0 Å². The minimum absolute atomic E-state index is 0.254. The van der Waals surface area contributed by atoms with Gasteiger partial charge in [-0.05, 0) is 37.4 Å². The molecule has 2 nitrogen and oxygen atoms in total. The molecule has 0 spiro atoms. The van der Waals surface area contributed by atoms with Crippen molar-refractivity contribution in [3.8, 4) is 0 Å². The van der Waals surface area contributed by atoms with Gasteiger partial charge in [-0.15, -0.1) is 0 Å². The highest BCUT2D eigenvalue weighted by atomic mass is 19.1. The summed E-state index contributed by atoms with van der Waals surface area (Å²) in [5, 5.41) is 3.57. The van der Waals surface area contributed by atoms with Crippen LogP contribution in [0.5, 0.6) is 0 Å². The van der Waals surface area contributed by atoms with Crippen LogP contribution < -0.4 is 5.32 Å². The second-order valence-electron chi connectivity index (χ2n) is 5.61. The van der Waals surface area contributed by atoms with Gasteiger partial charge in [-0.3, -0.25) is 4.98 Å². The second-order valence-corrected chi connectivity index (χ2v) is 5.61. The molecule has 1 atom stereocenters. The molecular weight excluding hydrogens is 239 g/mol. The number of hydrogen-bond donors (Lipinski definition) is 1. The Balaban J connectivity index is 1.77. The molecule has 3 heteroatoms. The molecule has 0 saturated heterocycles. The first-order valence-electron chi connectivity index (χ1n) is 7.64. The van der Waals surface area contributed by atoms with Crippen LogP contribution in [-0.2, 0) is 0 Å². The summed E-state index contributed by atoms with van der Waals surface area (Å²) < 4.78 is 12.9. The Morgan fingerprint density at radius 1 is 1.32 bits per heavy atom. The summed E-state index contributed by atoms with van der Waals surface area (Å²) in [6.07, 6.45) is 10.6. The van der Waals surface area contributed by atoms with Crippen LogP contribution in [0.2, 0.25) is 0 Å². The molecule has 1 aliphatic carbocycles. The highest BCUT2D eigenvalue weighted by molar-refractivity contribution is 5.09. The third-order valence-corrected chi connectivity index (χ3v) is 4.18. The summed E-state index contributed by atoms with van der Waals surface area (Å²) in [6, 6.07) is 3.54. The molecule has 1 aromatic rings. The number of hydrogen-bond acceptors (Lipinski definition) is 2. The highest BCUT2D eigenvalue weighted by Crippen LogP contribution is 2.26. The van der Waals surface area contributed by atoms with E-state index in [0.717, 1.165) is 24.6 Å². The summed E-state index contributed by atoms with van der Waals surface area (Å²) in [7, 11) is 0. The molecule has 0 amide bonds. The molecule has 106 valence electrons. The molecule has 1 aromatic heterocycles. The van der Waals surface area contributed by atoms with E-state index in [9.17, 15) is 4.39 Å². The van der Waals surface area contributed by atoms with Crippen LogP contribution in [0.25, 0.3) is 0 Å². The van der Waals surface area contributed by atoms with Crippen molar-refractivity contribution in [3.63, 3.8) is 0 Å². The maximum atomic E-state index is 12.9. The SMILES string of the molecule is CCC(NCCC1CCCCC1)c1ccc(F)cn1. The molecular formula is C16H25FN2. The van der Waals surface area contributed by atoms with Crippen molar-refractivity contribution in [2.45, 2.75) is 57.9 Å². The van der Waals surface area contributed by atoms with Gasteiger partial charge in [0.1, 0.15) is 5.82 Å². The van der Waals surface area contributed by atoms with Gasteiger partial charge in [-0.25, -0.2) is 4.39 Å². The van der Waals surface area contributed by atoms with Crippen molar-refractivity contribution in [1.29, 1.82) is 0 Å². The van der Waals surface area contributed by atoms with Gasteiger partial charge < -0.3 is 5.32 Å². The third kappa shape index (κ3) is 4.57. The summed E-state index contributed by atoms with van der Waals surface area (Å²) in [5.41, 5.74) is 0.951. The molecule has 1 N–H and O–H groups in total. The van der Waals surface area contributed by atoms with Crippen LogP contribution in [0, 0.1) is 11.7 Å². The lowest BCUT2D eigenvalue weighted by Gasteiger charge is -2.23. The normalized spacial score (nSPS) is 18.4. The van der Waals surface area contributed by atoms with E-state index in [2.05, 4.69) is 17.2 Å². The first-order valence-corrected chi connectivity index (χ1v) is 7.64. The Bertz CT molecular complexity index is 358. The predicted molar refractivity (Wildman–Crippen MR) is 76.4 cm³/mol. The largest absolute Gasteiger partial charge is 0.309 e. The molecule has 1 heterocycles. The average molecular weight is 264 g/mol. The van der Waals surface area contributed by atoms with Gasteiger partial charge in [0.05, 0.1) is 11.9 Å². The Labute approximate surface area is 115 Å².